The van der Waals surface area contributed by atoms with Crippen LogP contribution in [-0.2, 0) is 10.0 Å². The van der Waals surface area contributed by atoms with Crippen molar-refractivity contribution in [2.45, 2.75) is 38.5 Å². The lowest BCUT2D eigenvalue weighted by atomic mass is 10.0. The quantitative estimate of drug-likeness (QED) is 0.810. The average molecular weight is 258 g/mol. The van der Waals surface area contributed by atoms with Crippen molar-refractivity contribution in [1.29, 1.82) is 0 Å². The minimum Gasteiger partial charge on any atom is -0.360 e. The predicted octanol–water partition coefficient (Wildman–Crippen LogP) is 1.71. The van der Waals surface area contributed by atoms with E-state index in [2.05, 4.69) is 12.1 Å². The van der Waals surface area contributed by atoms with E-state index in [-0.39, 0.29) is 4.90 Å². The van der Waals surface area contributed by atoms with Crippen molar-refractivity contribution in [3.63, 3.8) is 0 Å². The molecule has 5 nitrogen and oxygen atoms in total. The molecule has 0 N–H and O–H groups in total. The molecule has 1 aliphatic heterocycles. The highest BCUT2D eigenvalue weighted by atomic mass is 32.2. The molecule has 1 aromatic rings. The lowest BCUT2D eigenvalue weighted by molar-refractivity contribution is 0.287. The van der Waals surface area contributed by atoms with Gasteiger partial charge < -0.3 is 4.52 Å². The molecule has 0 unspecified atom stereocenters. The molecule has 0 saturated carbocycles. The molecular weight excluding hydrogens is 240 g/mol. The van der Waals surface area contributed by atoms with E-state index >= 15 is 0 Å². The van der Waals surface area contributed by atoms with Crippen LogP contribution in [0.1, 0.15) is 31.2 Å². The van der Waals surface area contributed by atoms with Crippen molar-refractivity contribution in [3.05, 3.63) is 11.5 Å². The van der Waals surface area contributed by atoms with Crippen molar-refractivity contribution < 1.29 is 12.9 Å². The molecule has 2 heterocycles. The maximum atomic E-state index is 12.4. The van der Waals surface area contributed by atoms with E-state index in [1.165, 1.54) is 0 Å². The zero-order valence-corrected chi connectivity index (χ0v) is 11.2. The number of rotatable bonds is 2. The van der Waals surface area contributed by atoms with E-state index in [0.717, 1.165) is 12.8 Å². The van der Waals surface area contributed by atoms with Gasteiger partial charge in [0.15, 0.2) is 5.76 Å². The molecule has 96 valence electrons. The van der Waals surface area contributed by atoms with Crippen molar-refractivity contribution in [3.8, 4) is 0 Å². The predicted molar refractivity (Wildman–Crippen MR) is 63.1 cm³/mol. The second kappa shape index (κ2) is 4.42. The summed E-state index contributed by atoms with van der Waals surface area (Å²) in [6.07, 6.45) is 1.84. The lowest BCUT2D eigenvalue weighted by Gasteiger charge is -2.29. The Morgan fingerprint density at radius 3 is 2.35 bits per heavy atom. The van der Waals surface area contributed by atoms with E-state index in [4.69, 9.17) is 4.52 Å². The van der Waals surface area contributed by atoms with Gasteiger partial charge >= 0.3 is 0 Å². The second-order valence-corrected chi connectivity index (χ2v) is 6.61. The fourth-order valence-electron chi connectivity index (χ4n) is 2.20. The Morgan fingerprint density at radius 2 is 1.88 bits per heavy atom. The van der Waals surface area contributed by atoms with Crippen molar-refractivity contribution in [2.24, 2.45) is 5.92 Å². The van der Waals surface area contributed by atoms with Gasteiger partial charge in [-0.3, -0.25) is 0 Å². The van der Waals surface area contributed by atoms with Crippen LogP contribution >= 0.6 is 0 Å². The molecule has 0 aromatic carbocycles. The Kier molecular flexibility index (Phi) is 3.27. The molecule has 17 heavy (non-hydrogen) atoms. The molecule has 2 rings (SSSR count). The van der Waals surface area contributed by atoms with Crippen molar-refractivity contribution in [2.75, 3.05) is 13.1 Å². The first-order chi connectivity index (χ1) is 7.93. The lowest BCUT2D eigenvalue weighted by Crippen LogP contribution is -2.38. The zero-order valence-electron chi connectivity index (χ0n) is 10.4. The highest BCUT2D eigenvalue weighted by Gasteiger charge is 2.32. The molecule has 6 heteroatoms. The second-order valence-electron chi connectivity index (χ2n) is 4.74. The zero-order chi connectivity index (χ0) is 12.6. The van der Waals surface area contributed by atoms with Gasteiger partial charge in [-0.2, -0.15) is 4.31 Å². The standard InChI is InChI=1S/C11H18N2O3S/c1-8-4-6-13(7-5-8)17(14,15)11-9(2)12-16-10(11)3/h8H,4-7H2,1-3H3. The third-order valence-electron chi connectivity index (χ3n) is 3.31. The fourth-order valence-corrected chi connectivity index (χ4v) is 3.96. The summed E-state index contributed by atoms with van der Waals surface area (Å²) in [6.45, 7) is 6.64. The van der Waals surface area contributed by atoms with E-state index in [1.54, 1.807) is 18.2 Å². The van der Waals surface area contributed by atoms with Gasteiger partial charge in [-0.15, -0.1) is 0 Å². The van der Waals surface area contributed by atoms with Gasteiger partial charge in [-0.05, 0) is 32.6 Å². The summed E-state index contributed by atoms with van der Waals surface area (Å²) in [7, 11) is -3.43. The minimum absolute atomic E-state index is 0.243. The first-order valence-electron chi connectivity index (χ1n) is 5.86. The molecule has 1 aliphatic rings. The van der Waals surface area contributed by atoms with Crippen LogP contribution in [0, 0.1) is 19.8 Å². The van der Waals surface area contributed by atoms with Gasteiger partial charge in [0.05, 0.1) is 0 Å². The summed E-state index contributed by atoms with van der Waals surface area (Å²) in [5.41, 5.74) is 0.445. The van der Waals surface area contributed by atoms with Gasteiger partial charge in [0.2, 0.25) is 10.0 Å². The van der Waals surface area contributed by atoms with Crippen LogP contribution in [0.5, 0.6) is 0 Å². The van der Waals surface area contributed by atoms with E-state index in [0.29, 0.717) is 30.5 Å². The molecule has 1 saturated heterocycles. The molecule has 0 radical (unpaired) electrons. The van der Waals surface area contributed by atoms with Crippen LogP contribution in [0.2, 0.25) is 0 Å². The van der Waals surface area contributed by atoms with E-state index in [1.807, 2.05) is 0 Å². The highest BCUT2D eigenvalue weighted by molar-refractivity contribution is 7.89. The Balaban J connectivity index is 2.31. The largest absolute Gasteiger partial charge is 0.360 e. The summed E-state index contributed by atoms with van der Waals surface area (Å²) < 4.78 is 31.3. The third-order valence-corrected chi connectivity index (χ3v) is 5.45. The van der Waals surface area contributed by atoms with Crippen LogP contribution in [-0.4, -0.2) is 31.0 Å². The average Bonchev–Trinajstić information content (AvgIpc) is 2.59. The Morgan fingerprint density at radius 1 is 1.29 bits per heavy atom. The van der Waals surface area contributed by atoms with Crippen LogP contribution in [0.3, 0.4) is 0 Å². The SMILES string of the molecule is Cc1noc(C)c1S(=O)(=O)N1CCC(C)CC1. The highest BCUT2D eigenvalue weighted by Crippen LogP contribution is 2.27. The van der Waals surface area contributed by atoms with Crippen LogP contribution in [0.15, 0.2) is 9.42 Å². The molecular formula is C11H18N2O3S. The number of hydrogen-bond acceptors (Lipinski definition) is 4. The van der Waals surface area contributed by atoms with Gasteiger partial charge in [0.1, 0.15) is 10.6 Å². The fraction of sp³-hybridized carbons (Fsp3) is 0.727. The minimum atomic E-state index is -3.43. The maximum absolute atomic E-state index is 12.4. The van der Waals surface area contributed by atoms with Gasteiger partial charge in [-0.25, -0.2) is 8.42 Å². The Hall–Kier alpha value is -0.880. The van der Waals surface area contributed by atoms with Crippen LogP contribution < -0.4 is 0 Å². The monoisotopic (exact) mass is 258 g/mol. The maximum Gasteiger partial charge on any atom is 0.248 e. The first-order valence-corrected chi connectivity index (χ1v) is 7.30. The number of aryl methyl sites for hydroxylation is 2. The number of sulfonamides is 1. The molecule has 0 atom stereocenters. The van der Waals surface area contributed by atoms with E-state index in [9.17, 15) is 8.42 Å². The molecule has 0 amide bonds. The normalized spacial score (nSPS) is 19.7. The topological polar surface area (TPSA) is 63.4 Å². The Bertz CT molecular complexity index is 479. The molecule has 0 bridgehead atoms. The smallest absolute Gasteiger partial charge is 0.248 e. The van der Waals surface area contributed by atoms with Crippen molar-refractivity contribution >= 4 is 10.0 Å². The van der Waals surface area contributed by atoms with Gasteiger partial charge in [0, 0.05) is 13.1 Å². The Labute approximate surface area is 102 Å². The third kappa shape index (κ3) is 2.24. The van der Waals surface area contributed by atoms with Gasteiger partial charge in [0.25, 0.3) is 0 Å². The number of nitrogens with zero attached hydrogens (tertiary/aromatic N) is 2. The summed E-state index contributed by atoms with van der Waals surface area (Å²) >= 11 is 0. The van der Waals surface area contributed by atoms with E-state index < -0.39 is 10.0 Å². The molecule has 0 spiro atoms. The summed E-state index contributed by atoms with van der Waals surface area (Å²) in [5.74, 6) is 0.979. The summed E-state index contributed by atoms with van der Waals surface area (Å²) in [5, 5.41) is 3.71. The number of piperidine rings is 1. The van der Waals surface area contributed by atoms with Crippen molar-refractivity contribution in [1.82, 2.24) is 9.46 Å². The number of hydrogen-bond donors (Lipinski definition) is 0. The first kappa shape index (κ1) is 12.6. The summed E-state index contributed by atoms with van der Waals surface area (Å²) in [4.78, 5) is 0.243. The van der Waals surface area contributed by atoms with Crippen LogP contribution in [0.25, 0.3) is 0 Å². The summed E-state index contributed by atoms with van der Waals surface area (Å²) in [6, 6.07) is 0. The van der Waals surface area contributed by atoms with Crippen LogP contribution in [0.4, 0.5) is 0 Å². The van der Waals surface area contributed by atoms with Gasteiger partial charge in [-0.1, -0.05) is 12.1 Å². The molecule has 0 aliphatic carbocycles. The molecule has 1 fully saturated rings. The molecule has 1 aromatic heterocycles. The number of aromatic nitrogens is 1.